The van der Waals surface area contributed by atoms with Crippen LogP contribution in [0.15, 0.2) is 18.9 Å². The van der Waals surface area contributed by atoms with Gasteiger partial charge in [-0.3, -0.25) is 0 Å². The second-order valence-corrected chi connectivity index (χ2v) is 3.69. The zero-order valence-electron chi connectivity index (χ0n) is 8.82. The Kier molecular flexibility index (Phi) is 3.43. The number of rotatable bonds is 5. The molecular weight excluding hydrogens is 208 g/mol. The van der Waals surface area contributed by atoms with Gasteiger partial charge in [0.1, 0.15) is 11.8 Å². The largest absolute Gasteiger partial charge is 0.396 e. The van der Waals surface area contributed by atoms with Crippen molar-refractivity contribution in [1.29, 1.82) is 0 Å². The number of nitrogens with zero attached hydrogens (tertiary/aromatic N) is 4. The highest BCUT2D eigenvalue weighted by molar-refractivity contribution is 5.68. The van der Waals surface area contributed by atoms with Crippen LogP contribution in [0.1, 0.15) is 6.42 Å². The van der Waals surface area contributed by atoms with Gasteiger partial charge in [-0.15, -0.1) is 0 Å². The van der Waals surface area contributed by atoms with Gasteiger partial charge in [-0.05, 0) is 6.42 Å². The molecule has 6 nitrogen and oxygen atoms in total. The van der Waals surface area contributed by atoms with Crippen molar-refractivity contribution in [2.24, 2.45) is 5.92 Å². The maximum Gasteiger partial charge on any atom is 0.163 e. The van der Waals surface area contributed by atoms with E-state index in [1.165, 1.54) is 6.33 Å². The Morgan fingerprint density at radius 2 is 2.19 bits per heavy atom. The highest BCUT2D eigenvalue weighted by Gasteiger charge is 2.10. The summed E-state index contributed by atoms with van der Waals surface area (Å²) in [5.41, 5.74) is 1.49. The Balaban J connectivity index is 2.20. The predicted octanol–water partition coefficient (Wildman–Crippen LogP) is -0.183. The SMILES string of the molecule is OCC[C@@H](CO)Cn1cnc2cncnc21. The molecule has 0 saturated carbocycles. The van der Waals surface area contributed by atoms with Gasteiger partial charge >= 0.3 is 0 Å². The molecule has 2 rings (SSSR count). The zero-order valence-corrected chi connectivity index (χ0v) is 8.82. The third-order valence-electron chi connectivity index (χ3n) is 2.53. The summed E-state index contributed by atoms with van der Waals surface area (Å²) in [6.07, 6.45) is 5.37. The molecule has 0 bridgehead atoms. The molecule has 0 fully saturated rings. The third kappa shape index (κ3) is 2.17. The van der Waals surface area contributed by atoms with E-state index in [1.54, 1.807) is 12.5 Å². The molecule has 86 valence electrons. The predicted molar refractivity (Wildman–Crippen MR) is 57.6 cm³/mol. The van der Waals surface area contributed by atoms with E-state index in [0.29, 0.717) is 13.0 Å². The van der Waals surface area contributed by atoms with Crippen LogP contribution in [0.3, 0.4) is 0 Å². The Morgan fingerprint density at radius 3 is 2.94 bits per heavy atom. The first-order valence-corrected chi connectivity index (χ1v) is 5.17. The topological polar surface area (TPSA) is 84.1 Å². The molecule has 0 aliphatic heterocycles. The molecule has 0 unspecified atom stereocenters. The molecule has 1 atom stereocenters. The van der Waals surface area contributed by atoms with Crippen LogP contribution in [0.5, 0.6) is 0 Å². The molecule has 2 aromatic heterocycles. The van der Waals surface area contributed by atoms with Gasteiger partial charge in [-0.2, -0.15) is 0 Å². The Labute approximate surface area is 92.6 Å². The van der Waals surface area contributed by atoms with Gasteiger partial charge in [-0.25, -0.2) is 15.0 Å². The van der Waals surface area contributed by atoms with Crippen molar-refractivity contribution in [3.8, 4) is 0 Å². The summed E-state index contributed by atoms with van der Waals surface area (Å²) < 4.78 is 1.87. The molecule has 0 aliphatic rings. The van der Waals surface area contributed by atoms with Crippen LogP contribution in [0.25, 0.3) is 11.2 Å². The van der Waals surface area contributed by atoms with E-state index in [0.717, 1.165) is 11.2 Å². The summed E-state index contributed by atoms with van der Waals surface area (Å²) in [4.78, 5) is 12.2. The lowest BCUT2D eigenvalue weighted by Gasteiger charge is -2.13. The molecule has 0 spiro atoms. The fraction of sp³-hybridized carbons (Fsp3) is 0.500. The fourth-order valence-electron chi connectivity index (χ4n) is 1.65. The van der Waals surface area contributed by atoms with Crippen LogP contribution in [0.4, 0.5) is 0 Å². The number of aromatic nitrogens is 4. The lowest BCUT2D eigenvalue weighted by atomic mass is 10.1. The molecule has 0 aliphatic carbocycles. The van der Waals surface area contributed by atoms with Gasteiger partial charge in [-0.1, -0.05) is 0 Å². The van der Waals surface area contributed by atoms with Gasteiger partial charge in [0, 0.05) is 25.7 Å². The first kappa shape index (κ1) is 11.0. The molecule has 6 heteroatoms. The zero-order chi connectivity index (χ0) is 11.4. The van der Waals surface area contributed by atoms with E-state index in [-0.39, 0.29) is 19.1 Å². The van der Waals surface area contributed by atoms with Gasteiger partial charge in [0.15, 0.2) is 5.65 Å². The van der Waals surface area contributed by atoms with Gasteiger partial charge in [0.05, 0.1) is 12.5 Å². The molecule has 2 aromatic rings. The standard InChI is InChI=1S/C10H14N4O2/c15-2-1-8(5-16)4-14-7-13-9-3-11-6-12-10(9)14/h3,6-8,15-16H,1-2,4-5H2/t8-/m1/s1. The van der Waals surface area contributed by atoms with Gasteiger partial charge in [0.2, 0.25) is 0 Å². The summed E-state index contributed by atoms with van der Waals surface area (Å²) >= 11 is 0. The van der Waals surface area contributed by atoms with Gasteiger partial charge < -0.3 is 14.8 Å². The number of aliphatic hydroxyl groups is 2. The molecule has 0 saturated heterocycles. The monoisotopic (exact) mass is 222 g/mol. The Hall–Kier alpha value is -1.53. The summed E-state index contributed by atoms with van der Waals surface area (Å²) in [6.45, 7) is 0.725. The van der Waals surface area contributed by atoms with E-state index in [1.807, 2.05) is 4.57 Å². The summed E-state index contributed by atoms with van der Waals surface area (Å²) in [7, 11) is 0. The minimum atomic E-state index is 0.0253. The smallest absolute Gasteiger partial charge is 0.163 e. The van der Waals surface area contributed by atoms with Crippen molar-refractivity contribution in [1.82, 2.24) is 19.5 Å². The second kappa shape index (κ2) is 5.00. The molecule has 2 heterocycles. The van der Waals surface area contributed by atoms with Crippen molar-refractivity contribution >= 4 is 11.2 Å². The number of hydrogen-bond donors (Lipinski definition) is 2. The van der Waals surface area contributed by atoms with E-state index < -0.39 is 0 Å². The lowest BCUT2D eigenvalue weighted by molar-refractivity contribution is 0.171. The van der Waals surface area contributed by atoms with E-state index in [2.05, 4.69) is 15.0 Å². The van der Waals surface area contributed by atoms with E-state index in [9.17, 15) is 0 Å². The fourth-order valence-corrected chi connectivity index (χ4v) is 1.65. The Bertz CT molecular complexity index is 457. The van der Waals surface area contributed by atoms with Crippen LogP contribution in [0.2, 0.25) is 0 Å². The first-order chi connectivity index (χ1) is 7.85. The summed E-state index contributed by atoms with van der Waals surface area (Å²) in [6, 6.07) is 0. The molecule has 0 amide bonds. The molecule has 16 heavy (non-hydrogen) atoms. The highest BCUT2D eigenvalue weighted by atomic mass is 16.3. The number of fused-ring (bicyclic) bond motifs is 1. The highest BCUT2D eigenvalue weighted by Crippen LogP contribution is 2.12. The van der Waals surface area contributed by atoms with Crippen molar-refractivity contribution in [3.05, 3.63) is 18.9 Å². The quantitative estimate of drug-likeness (QED) is 0.733. The maximum absolute atomic E-state index is 9.15. The Morgan fingerprint density at radius 1 is 1.31 bits per heavy atom. The van der Waals surface area contributed by atoms with E-state index in [4.69, 9.17) is 10.2 Å². The minimum absolute atomic E-state index is 0.0253. The van der Waals surface area contributed by atoms with Crippen molar-refractivity contribution < 1.29 is 10.2 Å². The van der Waals surface area contributed by atoms with Crippen LogP contribution in [0, 0.1) is 5.92 Å². The van der Waals surface area contributed by atoms with E-state index >= 15 is 0 Å². The van der Waals surface area contributed by atoms with Crippen LogP contribution >= 0.6 is 0 Å². The van der Waals surface area contributed by atoms with Crippen LogP contribution < -0.4 is 0 Å². The lowest BCUT2D eigenvalue weighted by Crippen LogP contribution is -2.15. The number of hydrogen-bond acceptors (Lipinski definition) is 5. The molecule has 0 radical (unpaired) electrons. The molecular formula is C10H14N4O2. The first-order valence-electron chi connectivity index (χ1n) is 5.17. The average molecular weight is 222 g/mol. The maximum atomic E-state index is 9.15. The second-order valence-electron chi connectivity index (χ2n) is 3.69. The van der Waals surface area contributed by atoms with Crippen LogP contribution in [-0.4, -0.2) is 42.9 Å². The number of aliphatic hydroxyl groups excluding tert-OH is 2. The summed E-state index contributed by atoms with van der Waals surface area (Å²) in [5, 5.41) is 18.0. The van der Waals surface area contributed by atoms with Crippen molar-refractivity contribution in [3.63, 3.8) is 0 Å². The van der Waals surface area contributed by atoms with Gasteiger partial charge in [0.25, 0.3) is 0 Å². The number of imidazole rings is 1. The molecule has 0 aromatic carbocycles. The molecule has 2 N–H and O–H groups in total. The minimum Gasteiger partial charge on any atom is -0.396 e. The normalized spacial score (nSPS) is 13.1. The third-order valence-corrected chi connectivity index (χ3v) is 2.53. The summed E-state index contributed by atoms with van der Waals surface area (Å²) in [5.74, 6) is 0.0253. The van der Waals surface area contributed by atoms with Crippen molar-refractivity contribution in [2.75, 3.05) is 13.2 Å². The van der Waals surface area contributed by atoms with Crippen molar-refractivity contribution in [2.45, 2.75) is 13.0 Å². The van der Waals surface area contributed by atoms with Crippen LogP contribution in [-0.2, 0) is 6.54 Å². The average Bonchev–Trinajstić information content (AvgIpc) is 2.72.